The van der Waals surface area contributed by atoms with Gasteiger partial charge in [-0.3, -0.25) is 0 Å². The van der Waals surface area contributed by atoms with Gasteiger partial charge in [0.05, 0.1) is 11.0 Å². The van der Waals surface area contributed by atoms with Crippen molar-refractivity contribution in [2.45, 2.75) is 36.7 Å². The highest BCUT2D eigenvalue weighted by Gasteiger charge is 2.22. The van der Waals surface area contributed by atoms with Gasteiger partial charge in [-0.25, -0.2) is 12.7 Å². The molecule has 1 unspecified atom stereocenters. The Morgan fingerprint density at radius 1 is 1.40 bits per heavy atom. The molecule has 1 heterocycles. The first-order valence-corrected chi connectivity index (χ1v) is 8.65. The standard InChI is InChI=1S/C14H20ClNO3S/c1-16(9-8-13-6-2-3-10-19-13)20(17,18)14-7-4-5-12(15)11-14/h4-5,7,11,13H,2-3,6,8-10H2,1H3. The van der Waals surface area contributed by atoms with Crippen LogP contribution in [0.5, 0.6) is 0 Å². The summed E-state index contributed by atoms with van der Waals surface area (Å²) in [5.74, 6) is 0. The van der Waals surface area contributed by atoms with Gasteiger partial charge in [-0.15, -0.1) is 0 Å². The van der Waals surface area contributed by atoms with Gasteiger partial charge in [0.1, 0.15) is 0 Å². The number of nitrogens with zero attached hydrogens (tertiary/aromatic N) is 1. The molecular formula is C14H20ClNO3S. The van der Waals surface area contributed by atoms with Crippen molar-refractivity contribution >= 4 is 21.6 Å². The van der Waals surface area contributed by atoms with Crippen LogP contribution in [0.3, 0.4) is 0 Å². The summed E-state index contributed by atoms with van der Waals surface area (Å²) in [7, 11) is -1.87. The van der Waals surface area contributed by atoms with E-state index in [-0.39, 0.29) is 11.0 Å². The van der Waals surface area contributed by atoms with Crippen molar-refractivity contribution in [1.82, 2.24) is 4.31 Å². The lowest BCUT2D eigenvalue weighted by Gasteiger charge is -2.25. The van der Waals surface area contributed by atoms with E-state index in [0.29, 0.717) is 11.6 Å². The van der Waals surface area contributed by atoms with E-state index in [1.165, 1.54) is 10.4 Å². The Morgan fingerprint density at radius 2 is 2.20 bits per heavy atom. The number of sulfonamides is 1. The van der Waals surface area contributed by atoms with Gasteiger partial charge >= 0.3 is 0 Å². The Kier molecular flexibility index (Phi) is 5.43. The molecule has 0 bridgehead atoms. The fraction of sp³-hybridized carbons (Fsp3) is 0.571. The molecule has 1 fully saturated rings. The Bertz CT molecular complexity index is 541. The lowest BCUT2D eigenvalue weighted by atomic mass is 10.1. The zero-order chi connectivity index (χ0) is 14.6. The van der Waals surface area contributed by atoms with Crippen molar-refractivity contribution in [2.75, 3.05) is 20.2 Å². The molecule has 2 rings (SSSR count). The van der Waals surface area contributed by atoms with Crippen molar-refractivity contribution in [3.05, 3.63) is 29.3 Å². The summed E-state index contributed by atoms with van der Waals surface area (Å²) in [5, 5.41) is 0.426. The number of halogens is 1. The van der Waals surface area contributed by atoms with Crippen LogP contribution in [0.15, 0.2) is 29.2 Å². The molecule has 4 nitrogen and oxygen atoms in total. The van der Waals surface area contributed by atoms with E-state index >= 15 is 0 Å². The second-order valence-electron chi connectivity index (χ2n) is 5.06. The molecule has 0 saturated carbocycles. The van der Waals surface area contributed by atoms with Crippen LogP contribution in [0.4, 0.5) is 0 Å². The summed E-state index contributed by atoms with van der Waals surface area (Å²) in [6, 6.07) is 6.35. The maximum Gasteiger partial charge on any atom is 0.242 e. The fourth-order valence-corrected chi connectivity index (χ4v) is 3.78. The maximum atomic E-state index is 12.4. The zero-order valence-corrected chi connectivity index (χ0v) is 13.2. The molecule has 20 heavy (non-hydrogen) atoms. The topological polar surface area (TPSA) is 46.6 Å². The van der Waals surface area contributed by atoms with Crippen molar-refractivity contribution < 1.29 is 13.2 Å². The van der Waals surface area contributed by atoms with Gasteiger partial charge < -0.3 is 4.74 Å². The molecule has 0 spiro atoms. The van der Waals surface area contributed by atoms with Crippen LogP contribution in [0, 0.1) is 0 Å². The maximum absolute atomic E-state index is 12.4. The van der Waals surface area contributed by atoms with Crippen LogP contribution in [0.1, 0.15) is 25.7 Å². The second-order valence-corrected chi connectivity index (χ2v) is 7.54. The summed E-state index contributed by atoms with van der Waals surface area (Å²) < 4.78 is 31.8. The Labute approximate surface area is 125 Å². The normalized spacial score (nSPS) is 20.2. The second kappa shape index (κ2) is 6.89. The predicted molar refractivity (Wildman–Crippen MR) is 79.5 cm³/mol. The minimum atomic E-state index is -3.47. The predicted octanol–water partition coefficient (Wildman–Crippen LogP) is 2.92. The third-order valence-corrected chi connectivity index (χ3v) is 5.63. The number of rotatable bonds is 5. The van der Waals surface area contributed by atoms with Gasteiger partial charge in [0.15, 0.2) is 0 Å². The Balaban J connectivity index is 1.98. The molecule has 0 N–H and O–H groups in total. The first-order chi connectivity index (χ1) is 9.50. The SMILES string of the molecule is CN(CCC1CCCCO1)S(=O)(=O)c1cccc(Cl)c1. The molecule has 6 heteroatoms. The smallest absolute Gasteiger partial charge is 0.242 e. The van der Waals surface area contributed by atoms with Gasteiger partial charge in [0, 0.05) is 25.2 Å². The highest BCUT2D eigenvalue weighted by Crippen LogP contribution is 2.20. The molecule has 1 aliphatic heterocycles. The van der Waals surface area contributed by atoms with E-state index in [4.69, 9.17) is 16.3 Å². The Hall–Kier alpha value is -0.620. The van der Waals surface area contributed by atoms with Gasteiger partial charge in [0.2, 0.25) is 10.0 Å². The number of benzene rings is 1. The molecule has 1 saturated heterocycles. The van der Waals surface area contributed by atoms with Crippen molar-refractivity contribution in [3.63, 3.8) is 0 Å². The van der Waals surface area contributed by atoms with Crippen molar-refractivity contribution in [1.29, 1.82) is 0 Å². The van der Waals surface area contributed by atoms with Crippen LogP contribution in [-0.2, 0) is 14.8 Å². The van der Waals surface area contributed by atoms with E-state index in [1.807, 2.05) is 0 Å². The number of hydrogen-bond acceptors (Lipinski definition) is 3. The van der Waals surface area contributed by atoms with E-state index in [9.17, 15) is 8.42 Å². The fourth-order valence-electron chi connectivity index (χ4n) is 2.29. The van der Waals surface area contributed by atoms with Crippen LogP contribution in [0.25, 0.3) is 0 Å². The summed E-state index contributed by atoms with van der Waals surface area (Å²) in [4.78, 5) is 0.233. The average Bonchev–Trinajstić information content (AvgIpc) is 2.45. The third-order valence-electron chi connectivity index (χ3n) is 3.54. The van der Waals surface area contributed by atoms with Crippen LogP contribution in [0.2, 0.25) is 5.02 Å². The van der Waals surface area contributed by atoms with Gasteiger partial charge in [-0.05, 0) is 43.9 Å². The molecule has 0 amide bonds. The van der Waals surface area contributed by atoms with Gasteiger partial charge in [0.25, 0.3) is 0 Å². The molecule has 1 aromatic carbocycles. The number of ether oxygens (including phenoxy) is 1. The highest BCUT2D eigenvalue weighted by atomic mass is 35.5. The summed E-state index contributed by atoms with van der Waals surface area (Å²) in [5.41, 5.74) is 0. The molecule has 1 aliphatic rings. The molecule has 112 valence electrons. The van der Waals surface area contributed by atoms with Crippen LogP contribution < -0.4 is 0 Å². The summed E-state index contributed by atoms with van der Waals surface area (Å²) in [6.45, 7) is 1.24. The van der Waals surface area contributed by atoms with Crippen LogP contribution in [-0.4, -0.2) is 39.0 Å². The van der Waals surface area contributed by atoms with E-state index in [0.717, 1.165) is 32.3 Å². The van der Waals surface area contributed by atoms with Gasteiger partial charge in [-0.2, -0.15) is 0 Å². The zero-order valence-electron chi connectivity index (χ0n) is 11.6. The van der Waals surface area contributed by atoms with Crippen molar-refractivity contribution in [3.8, 4) is 0 Å². The molecule has 1 atom stereocenters. The Morgan fingerprint density at radius 3 is 2.85 bits per heavy atom. The first-order valence-electron chi connectivity index (χ1n) is 6.83. The lowest BCUT2D eigenvalue weighted by molar-refractivity contribution is 0.00950. The molecule has 0 aliphatic carbocycles. The van der Waals surface area contributed by atoms with E-state index < -0.39 is 10.0 Å². The first kappa shape index (κ1) is 15.8. The summed E-state index contributed by atoms with van der Waals surface area (Å²) in [6.07, 6.45) is 4.20. The number of hydrogen-bond donors (Lipinski definition) is 0. The average molecular weight is 318 g/mol. The monoisotopic (exact) mass is 317 g/mol. The highest BCUT2D eigenvalue weighted by molar-refractivity contribution is 7.89. The van der Waals surface area contributed by atoms with E-state index in [1.54, 1.807) is 25.2 Å². The van der Waals surface area contributed by atoms with Crippen molar-refractivity contribution in [2.24, 2.45) is 0 Å². The molecular weight excluding hydrogens is 298 g/mol. The van der Waals surface area contributed by atoms with Crippen LogP contribution >= 0.6 is 11.6 Å². The largest absolute Gasteiger partial charge is 0.378 e. The minimum Gasteiger partial charge on any atom is -0.378 e. The quantitative estimate of drug-likeness (QED) is 0.839. The molecule has 0 radical (unpaired) electrons. The van der Waals surface area contributed by atoms with Gasteiger partial charge in [-0.1, -0.05) is 17.7 Å². The minimum absolute atomic E-state index is 0.181. The van der Waals surface area contributed by atoms with E-state index in [2.05, 4.69) is 0 Å². The molecule has 0 aromatic heterocycles. The third kappa shape index (κ3) is 3.95. The molecule has 1 aromatic rings. The summed E-state index contributed by atoms with van der Waals surface area (Å²) >= 11 is 5.85. The lowest BCUT2D eigenvalue weighted by Crippen LogP contribution is -2.31.